The van der Waals surface area contributed by atoms with Crippen molar-refractivity contribution in [2.45, 2.75) is 4.90 Å². The van der Waals surface area contributed by atoms with Crippen molar-refractivity contribution in [1.82, 2.24) is 0 Å². The number of methoxy groups -OCH3 is 2. The van der Waals surface area contributed by atoms with Gasteiger partial charge in [-0.15, -0.1) is 11.8 Å². The number of amides is 2. The van der Waals surface area contributed by atoms with E-state index in [1.165, 1.54) is 26.0 Å². The lowest BCUT2D eigenvalue weighted by molar-refractivity contribution is -0.113. The van der Waals surface area contributed by atoms with Gasteiger partial charge in [0.1, 0.15) is 0 Å². The summed E-state index contributed by atoms with van der Waals surface area (Å²) in [6.45, 7) is 0. The maximum Gasteiger partial charge on any atom is 0.255 e. The first kappa shape index (κ1) is 23.8. The Morgan fingerprint density at radius 2 is 1.59 bits per heavy atom. The molecule has 0 fully saturated rings. The van der Waals surface area contributed by atoms with Crippen LogP contribution in [-0.4, -0.2) is 31.8 Å². The number of hydrogen-bond donors (Lipinski definition) is 2. The summed E-state index contributed by atoms with van der Waals surface area (Å²) in [4.78, 5) is 25.6. The van der Waals surface area contributed by atoms with Gasteiger partial charge in [-0.1, -0.05) is 23.2 Å². The Hall–Kier alpha value is -2.87. The molecule has 3 rings (SSSR count). The van der Waals surface area contributed by atoms with Gasteiger partial charge in [0.15, 0.2) is 11.5 Å². The molecule has 0 radical (unpaired) electrons. The van der Waals surface area contributed by atoms with Gasteiger partial charge in [-0.2, -0.15) is 0 Å². The second-order valence-corrected chi connectivity index (χ2v) is 8.40. The number of carbonyl (C=O) groups is 2. The quantitative estimate of drug-likeness (QED) is 0.379. The molecule has 0 spiro atoms. The van der Waals surface area contributed by atoms with E-state index in [-0.39, 0.29) is 17.6 Å². The average molecular weight is 491 g/mol. The number of benzene rings is 3. The Balaban J connectivity index is 1.55. The van der Waals surface area contributed by atoms with Gasteiger partial charge in [-0.05, 0) is 60.7 Å². The van der Waals surface area contributed by atoms with Crippen LogP contribution in [0.3, 0.4) is 0 Å². The van der Waals surface area contributed by atoms with Crippen LogP contribution in [0.25, 0.3) is 0 Å². The zero-order valence-electron chi connectivity index (χ0n) is 17.3. The minimum absolute atomic E-state index is 0.195. The average Bonchev–Trinajstić information content (AvgIpc) is 2.80. The van der Waals surface area contributed by atoms with Crippen molar-refractivity contribution in [3.8, 4) is 11.5 Å². The molecule has 2 amide bonds. The highest BCUT2D eigenvalue weighted by Gasteiger charge is 2.12. The lowest BCUT2D eigenvalue weighted by atomic mass is 10.2. The third-order valence-electron chi connectivity index (χ3n) is 4.33. The standard InChI is InChI=1S/C23H20Cl2N2O4S/c1-30-20-10-3-14(11-21(20)31-2)23(29)26-16-5-7-17(8-6-16)32-13-22(28)27-19-12-15(24)4-9-18(19)25/h3-12H,13H2,1-2H3,(H,26,29)(H,27,28). The molecule has 0 aliphatic heterocycles. The first-order valence-electron chi connectivity index (χ1n) is 9.40. The van der Waals surface area contributed by atoms with Gasteiger partial charge < -0.3 is 20.1 Å². The van der Waals surface area contributed by atoms with Crippen molar-refractivity contribution in [2.24, 2.45) is 0 Å². The highest BCUT2D eigenvalue weighted by Crippen LogP contribution is 2.29. The van der Waals surface area contributed by atoms with Crippen molar-refractivity contribution in [3.63, 3.8) is 0 Å². The van der Waals surface area contributed by atoms with Crippen LogP contribution >= 0.6 is 35.0 Å². The van der Waals surface area contributed by atoms with Gasteiger partial charge in [0.05, 0.1) is 30.7 Å². The molecule has 0 bridgehead atoms. The van der Waals surface area contributed by atoms with E-state index >= 15 is 0 Å². The van der Waals surface area contributed by atoms with E-state index in [1.807, 2.05) is 12.1 Å². The summed E-state index contributed by atoms with van der Waals surface area (Å²) in [5, 5.41) is 6.48. The fourth-order valence-corrected chi connectivity index (χ4v) is 3.78. The molecule has 0 aromatic heterocycles. The summed E-state index contributed by atoms with van der Waals surface area (Å²) in [6, 6.07) is 17.0. The third kappa shape index (κ3) is 6.32. The van der Waals surface area contributed by atoms with Crippen LogP contribution in [0.4, 0.5) is 11.4 Å². The van der Waals surface area contributed by atoms with Crippen molar-refractivity contribution in [2.75, 3.05) is 30.6 Å². The van der Waals surface area contributed by atoms with Crippen LogP contribution in [0.5, 0.6) is 11.5 Å². The van der Waals surface area contributed by atoms with Gasteiger partial charge in [0.25, 0.3) is 5.91 Å². The summed E-state index contributed by atoms with van der Waals surface area (Å²) in [6.07, 6.45) is 0. The molecule has 0 atom stereocenters. The van der Waals surface area contributed by atoms with Gasteiger partial charge in [0.2, 0.25) is 5.91 Å². The zero-order valence-corrected chi connectivity index (χ0v) is 19.6. The van der Waals surface area contributed by atoms with Crippen LogP contribution in [0, 0.1) is 0 Å². The number of ether oxygens (including phenoxy) is 2. The lowest BCUT2D eigenvalue weighted by Gasteiger charge is -2.10. The predicted octanol–water partition coefficient (Wildman–Crippen LogP) is 5.99. The minimum Gasteiger partial charge on any atom is -0.493 e. The summed E-state index contributed by atoms with van der Waals surface area (Å²) in [5.41, 5.74) is 1.54. The maximum absolute atomic E-state index is 12.5. The first-order valence-corrected chi connectivity index (χ1v) is 11.1. The van der Waals surface area contributed by atoms with Crippen LogP contribution in [0.2, 0.25) is 10.0 Å². The number of halogens is 2. The molecule has 6 nitrogen and oxygen atoms in total. The second kappa shape index (κ2) is 11.1. The van der Waals surface area contributed by atoms with Crippen molar-refractivity contribution in [1.29, 1.82) is 0 Å². The zero-order chi connectivity index (χ0) is 23.1. The molecular weight excluding hydrogens is 471 g/mol. The topological polar surface area (TPSA) is 76.7 Å². The molecule has 9 heteroatoms. The van der Waals surface area contributed by atoms with Crippen molar-refractivity contribution < 1.29 is 19.1 Å². The van der Waals surface area contributed by atoms with Crippen molar-refractivity contribution in [3.05, 3.63) is 76.3 Å². The van der Waals surface area contributed by atoms with Gasteiger partial charge >= 0.3 is 0 Å². The van der Waals surface area contributed by atoms with Gasteiger partial charge in [0, 0.05) is 21.2 Å². The largest absolute Gasteiger partial charge is 0.493 e. The fraction of sp³-hybridized carbons (Fsp3) is 0.130. The van der Waals surface area contributed by atoms with Crippen LogP contribution < -0.4 is 20.1 Å². The highest BCUT2D eigenvalue weighted by atomic mass is 35.5. The Morgan fingerprint density at radius 3 is 2.28 bits per heavy atom. The molecule has 3 aromatic rings. The molecule has 0 aliphatic carbocycles. The van der Waals surface area contributed by atoms with E-state index in [2.05, 4.69) is 10.6 Å². The molecule has 3 aromatic carbocycles. The van der Waals surface area contributed by atoms with E-state index in [9.17, 15) is 9.59 Å². The van der Waals surface area contributed by atoms with Crippen molar-refractivity contribution >= 4 is 58.2 Å². The smallest absolute Gasteiger partial charge is 0.255 e. The van der Waals surface area contributed by atoms with E-state index in [0.717, 1.165) is 4.90 Å². The van der Waals surface area contributed by atoms with Gasteiger partial charge in [-0.3, -0.25) is 9.59 Å². The third-order valence-corrected chi connectivity index (χ3v) is 5.91. The number of hydrogen-bond acceptors (Lipinski definition) is 5. The molecule has 0 heterocycles. The molecular formula is C23H20Cl2N2O4S. The monoisotopic (exact) mass is 490 g/mol. The van der Waals surface area contributed by atoms with E-state index in [4.69, 9.17) is 32.7 Å². The summed E-state index contributed by atoms with van der Waals surface area (Å²) in [7, 11) is 3.05. The molecule has 0 saturated carbocycles. The second-order valence-electron chi connectivity index (χ2n) is 6.51. The van der Waals surface area contributed by atoms with Crippen LogP contribution in [-0.2, 0) is 4.79 Å². The molecule has 166 valence electrons. The molecule has 2 N–H and O–H groups in total. The molecule has 32 heavy (non-hydrogen) atoms. The van der Waals surface area contributed by atoms with Crippen LogP contribution in [0.1, 0.15) is 10.4 Å². The Bertz CT molecular complexity index is 1120. The van der Waals surface area contributed by atoms with E-state index in [0.29, 0.717) is 38.5 Å². The Labute approximate surface area is 200 Å². The van der Waals surface area contributed by atoms with Gasteiger partial charge in [-0.25, -0.2) is 0 Å². The molecule has 0 unspecified atom stereocenters. The number of carbonyl (C=O) groups excluding carboxylic acids is 2. The van der Waals surface area contributed by atoms with E-state index in [1.54, 1.807) is 48.5 Å². The highest BCUT2D eigenvalue weighted by molar-refractivity contribution is 8.00. The summed E-state index contributed by atoms with van der Waals surface area (Å²) in [5.74, 6) is 0.741. The SMILES string of the molecule is COc1ccc(C(=O)Nc2ccc(SCC(=O)Nc3cc(Cl)ccc3Cl)cc2)cc1OC. The first-order chi connectivity index (χ1) is 15.4. The normalized spacial score (nSPS) is 10.4. The number of rotatable bonds is 8. The summed E-state index contributed by atoms with van der Waals surface area (Å²) >= 11 is 13.4. The van der Waals surface area contributed by atoms with E-state index < -0.39 is 0 Å². The Kier molecular flexibility index (Phi) is 8.27. The Morgan fingerprint density at radius 1 is 0.875 bits per heavy atom. The number of thioether (sulfide) groups is 1. The lowest BCUT2D eigenvalue weighted by Crippen LogP contribution is -2.14. The fourth-order valence-electron chi connectivity index (χ4n) is 2.74. The predicted molar refractivity (Wildman–Crippen MR) is 130 cm³/mol. The number of anilines is 2. The molecule has 0 aliphatic rings. The molecule has 0 saturated heterocycles. The maximum atomic E-state index is 12.5. The number of nitrogens with one attached hydrogen (secondary N) is 2. The minimum atomic E-state index is -0.274. The summed E-state index contributed by atoms with van der Waals surface area (Å²) < 4.78 is 10.4. The van der Waals surface area contributed by atoms with Crippen LogP contribution in [0.15, 0.2) is 65.6 Å².